The minimum atomic E-state index is -3.51. The summed E-state index contributed by atoms with van der Waals surface area (Å²) in [5, 5.41) is 11.5. The first-order chi connectivity index (χ1) is 12.9. The topological polar surface area (TPSA) is 73.2 Å². The van der Waals surface area contributed by atoms with Gasteiger partial charge in [0, 0.05) is 19.6 Å². The molecule has 1 saturated heterocycles. The van der Waals surface area contributed by atoms with Crippen LogP contribution in [-0.4, -0.2) is 32.4 Å². The minimum absolute atomic E-state index is 0.0741. The molecule has 1 N–H and O–H groups in total. The lowest BCUT2D eigenvalue weighted by Crippen LogP contribution is -2.39. The first-order valence-electron chi connectivity index (χ1n) is 8.60. The van der Waals surface area contributed by atoms with Gasteiger partial charge in [-0.1, -0.05) is 18.2 Å². The summed E-state index contributed by atoms with van der Waals surface area (Å²) in [5.41, 5.74) is -0.330. The third-order valence-electron chi connectivity index (χ3n) is 4.69. The van der Waals surface area contributed by atoms with Crippen LogP contribution in [0, 0.1) is 28.9 Å². The van der Waals surface area contributed by atoms with E-state index in [0.29, 0.717) is 32.5 Å². The van der Waals surface area contributed by atoms with Crippen molar-refractivity contribution in [2.45, 2.75) is 17.7 Å². The first-order valence-corrected chi connectivity index (χ1v) is 10.0. The minimum Gasteiger partial charge on any atom is -0.380 e. The Morgan fingerprint density at radius 1 is 1.11 bits per heavy atom. The number of nitrogens with one attached hydrogen (secondary N) is 1. The Morgan fingerprint density at radius 3 is 2.26 bits per heavy atom. The van der Waals surface area contributed by atoms with Gasteiger partial charge in [0.05, 0.1) is 16.5 Å². The summed E-state index contributed by atoms with van der Waals surface area (Å²) in [6.07, 6.45) is 1.19. The number of nitriles is 1. The summed E-state index contributed by atoms with van der Waals surface area (Å²) in [6.45, 7) is 1.06. The van der Waals surface area contributed by atoms with Crippen LogP contribution in [0.3, 0.4) is 0 Å². The van der Waals surface area contributed by atoms with Crippen molar-refractivity contribution in [3.05, 3.63) is 59.7 Å². The van der Waals surface area contributed by atoms with E-state index < -0.39 is 21.7 Å². The molecule has 0 aliphatic carbocycles. The Kier molecular flexibility index (Phi) is 5.73. The average molecular weight is 391 g/mol. The van der Waals surface area contributed by atoms with Crippen molar-refractivity contribution < 1.29 is 17.2 Å². The standard InChI is InChI=1S/C19H19F2N3O2S/c20-17-10-15(12-22)11-18(21)19(17)23-13-14-6-8-24(9-7-14)27(25,26)16-4-2-1-3-5-16/h1-5,10-11,14,23H,6-9,13H2. The molecular formula is C19H19F2N3O2S. The lowest BCUT2D eigenvalue weighted by Gasteiger charge is -2.31. The first kappa shape index (κ1) is 19.3. The van der Waals surface area contributed by atoms with Crippen molar-refractivity contribution >= 4 is 15.7 Å². The maximum absolute atomic E-state index is 13.9. The summed E-state index contributed by atoms with van der Waals surface area (Å²) in [5.74, 6) is -1.52. The fourth-order valence-corrected chi connectivity index (χ4v) is 4.64. The molecule has 0 saturated carbocycles. The molecule has 8 heteroatoms. The summed E-state index contributed by atoms with van der Waals surface area (Å²) >= 11 is 0. The molecule has 2 aromatic carbocycles. The van der Waals surface area contributed by atoms with Gasteiger partial charge in [0.15, 0.2) is 11.6 Å². The lowest BCUT2D eigenvalue weighted by atomic mass is 9.98. The summed E-state index contributed by atoms with van der Waals surface area (Å²) in [7, 11) is -3.51. The number of benzene rings is 2. The number of sulfonamides is 1. The highest BCUT2D eigenvalue weighted by atomic mass is 32.2. The summed E-state index contributed by atoms with van der Waals surface area (Å²) in [4.78, 5) is 0.267. The van der Waals surface area contributed by atoms with Crippen LogP contribution in [0.4, 0.5) is 14.5 Å². The largest absolute Gasteiger partial charge is 0.380 e. The van der Waals surface area contributed by atoms with Crippen LogP contribution in [0.25, 0.3) is 0 Å². The van der Waals surface area contributed by atoms with Crippen molar-refractivity contribution in [2.75, 3.05) is 25.0 Å². The molecule has 3 rings (SSSR count). The van der Waals surface area contributed by atoms with Crippen molar-refractivity contribution in [1.29, 1.82) is 5.26 Å². The third-order valence-corrected chi connectivity index (χ3v) is 6.61. The quantitative estimate of drug-likeness (QED) is 0.848. The molecular weight excluding hydrogens is 372 g/mol. The number of anilines is 1. The Bertz CT molecular complexity index is 928. The number of piperidine rings is 1. The van der Waals surface area contributed by atoms with Crippen molar-refractivity contribution in [2.24, 2.45) is 5.92 Å². The van der Waals surface area contributed by atoms with E-state index in [9.17, 15) is 17.2 Å². The summed E-state index contributed by atoms with van der Waals surface area (Å²) in [6, 6.07) is 11.9. The van der Waals surface area contributed by atoms with Crippen LogP contribution in [0.2, 0.25) is 0 Å². The van der Waals surface area contributed by atoms with Crippen LogP contribution < -0.4 is 5.32 Å². The van der Waals surface area contributed by atoms with Gasteiger partial charge in [0.25, 0.3) is 0 Å². The lowest BCUT2D eigenvalue weighted by molar-refractivity contribution is 0.282. The van der Waals surface area contributed by atoms with Gasteiger partial charge in [-0.15, -0.1) is 0 Å². The van der Waals surface area contributed by atoms with Crippen LogP contribution in [0.15, 0.2) is 47.4 Å². The molecule has 0 unspecified atom stereocenters. The molecule has 0 bridgehead atoms. The second-order valence-electron chi connectivity index (χ2n) is 6.47. The predicted molar refractivity (Wildman–Crippen MR) is 97.5 cm³/mol. The molecule has 1 aliphatic rings. The highest BCUT2D eigenvalue weighted by Gasteiger charge is 2.29. The number of halogens is 2. The van der Waals surface area contributed by atoms with Crippen LogP contribution in [0.5, 0.6) is 0 Å². The Hall–Kier alpha value is -2.50. The Labute approximate surface area is 157 Å². The van der Waals surface area contributed by atoms with Gasteiger partial charge < -0.3 is 5.32 Å². The maximum Gasteiger partial charge on any atom is 0.243 e. The monoisotopic (exact) mass is 391 g/mol. The van der Waals surface area contributed by atoms with Gasteiger partial charge in [-0.3, -0.25) is 0 Å². The highest BCUT2D eigenvalue weighted by molar-refractivity contribution is 7.89. The van der Waals surface area contributed by atoms with Crippen molar-refractivity contribution in [1.82, 2.24) is 4.31 Å². The van der Waals surface area contributed by atoms with E-state index in [2.05, 4.69) is 5.32 Å². The Balaban J connectivity index is 1.59. The molecule has 0 radical (unpaired) electrons. The normalized spacial score (nSPS) is 16.0. The number of rotatable bonds is 5. The van der Waals surface area contributed by atoms with Gasteiger partial charge in [-0.05, 0) is 43.0 Å². The second kappa shape index (κ2) is 8.03. The van der Waals surface area contributed by atoms with E-state index in [-0.39, 0.29) is 22.1 Å². The Morgan fingerprint density at radius 2 is 1.70 bits per heavy atom. The van der Waals surface area contributed by atoms with Crippen LogP contribution in [0.1, 0.15) is 18.4 Å². The van der Waals surface area contributed by atoms with Gasteiger partial charge in [0.1, 0.15) is 5.69 Å². The van der Waals surface area contributed by atoms with Gasteiger partial charge in [0.2, 0.25) is 10.0 Å². The van der Waals surface area contributed by atoms with Crippen LogP contribution in [-0.2, 0) is 10.0 Å². The molecule has 0 spiro atoms. The van der Waals surface area contributed by atoms with Crippen LogP contribution >= 0.6 is 0 Å². The van der Waals surface area contributed by atoms with E-state index in [4.69, 9.17) is 5.26 Å². The number of hydrogen-bond acceptors (Lipinski definition) is 4. The van der Waals surface area contributed by atoms with E-state index in [1.54, 1.807) is 36.4 Å². The molecule has 0 atom stereocenters. The number of hydrogen-bond donors (Lipinski definition) is 1. The molecule has 0 amide bonds. The smallest absolute Gasteiger partial charge is 0.243 e. The zero-order valence-corrected chi connectivity index (χ0v) is 15.3. The van der Waals surface area contributed by atoms with E-state index in [1.165, 1.54) is 4.31 Å². The zero-order chi connectivity index (χ0) is 19.4. The fourth-order valence-electron chi connectivity index (χ4n) is 3.15. The average Bonchev–Trinajstić information content (AvgIpc) is 2.68. The molecule has 1 heterocycles. The molecule has 1 aliphatic heterocycles. The van der Waals surface area contributed by atoms with Crippen molar-refractivity contribution in [3.63, 3.8) is 0 Å². The SMILES string of the molecule is N#Cc1cc(F)c(NCC2CCN(S(=O)(=O)c3ccccc3)CC2)c(F)c1. The van der Waals surface area contributed by atoms with Crippen molar-refractivity contribution in [3.8, 4) is 6.07 Å². The molecule has 142 valence electrons. The van der Waals surface area contributed by atoms with E-state index in [1.807, 2.05) is 0 Å². The third kappa shape index (κ3) is 4.26. The van der Waals surface area contributed by atoms with Gasteiger partial charge in [-0.25, -0.2) is 17.2 Å². The fraction of sp³-hybridized carbons (Fsp3) is 0.316. The number of nitrogens with zero attached hydrogens (tertiary/aromatic N) is 2. The van der Waals surface area contributed by atoms with Gasteiger partial charge in [-0.2, -0.15) is 9.57 Å². The zero-order valence-electron chi connectivity index (χ0n) is 14.5. The maximum atomic E-state index is 13.9. The predicted octanol–water partition coefficient (Wildman–Crippen LogP) is 3.35. The highest BCUT2D eigenvalue weighted by Crippen LogP contribution is 2.26. The molecule has 0 aromatic heterocycles. The van der Waals surface area contributed by atoms with E-state index >= 15 is 0 Å². The summed E-state index contributed by atoms with van der Waals surface area (Å²) < 4.78 is 54.5. The second-order valence-corrected chi connectivity index (χ2v) is 8.41. The van der Waals surface area contributed by atoms with E-state index in [0.717, 1.165) is 12.1 Å². The van der Waals surface area contributed by atoms with Gasteiger partial charge >= 0.3 is 0 Å². The molecule has 1 fully saturated rings. The molecule has 5 nitrogen and oxygen atoms in total. The molecule has 2 aromatic rings. The molecule has 27 heavy (non-hydrogen) atoms.